The normalized spacial score (nSPS) is 10.2. The van der Waals surface area contributed by atoms with Crippen molar-refractivity contribution in [2.45, 2.75) is 20.8 Å². The predicted octanol–water partition coefficient (Wildman–Crippen LogP) is 4.04. The lowest BCUT2D eigenvalue weighted by molar-refractivity contribution is -0.384. The first kappa shape index (κ1) is 20.0. The smallest absolute Gasteiger partial charge is 0.269 e. The van der Waals surface area contributed by atoms with Crippen LogP contribution in [0.2, 0.25) is 0 Å². The summed E-state index contributed by atoms with van der Waals surface area (Å²) in [6, 6.07) is 8.75. The van der Waals surface area contributed by atoms with Crippen molar-refractivity contribution in [2.75, 3.05) is 25.1 Å². The Balaban J connectivity index is 2.32. The van der Waals surface area contributed by atoms with Crippen molar-refractivity contribution < 1.29 is 23.9 Å². The number of carbonyl (C=O) groups is 1. The molecule has 1 amide bonds. The molecule has 1 N–H and O–H groups in total. The number of amides is 1. The first-order valence-electron chi connectivity index (χ1n) is 8.62. The van der Waals surface area contributed by atoms with Crippen LogP contribution in [0.15, 0.2) is 36.4 Å². The number of ether oxygens (including phenoxy) is 3. The van der Waals surface area contributed by atoms with Crippen molar-refractivity contribution in [3.63, 3.8) is 0 Å². The molecule has 0 radical (unpaired) electrons. The monoisotopic (exact) mass is 374 g/mol. The van der Waals surface area contributed by atoms with Crippen LogP contribution in [0.5, 0.6) is 17.2 Å². The highest BCUT2D eigenvalue weighted by molar-refractivity contribution is 6.05. The van der Waals surface area contributed by atoms with Gasteiger partial charge in [-0.05, 0) is 45.0 Å². The second-order valence-electron chi connectivity index (χ2n) is 5.36. The lowest BCUT2D eigenvalue weighted by Gasteiger charge is -2.17. The summed E-state index contributed by atoms with van der Waals surface area (Å²) >= 11 is 0. The van der Waals surface area contributed by atoms with Gasteiger partial charge in [0.05, 0.1) is 24.7 Å². The second-order valence-corrected chi connectivity index (χ2v) is 5.36. The molecule has 27 heavy (non-hydrogen) atoms. The molecule has 0 saturated heterocycles. The Morgan fingerprint density at radius 1 is 0.963 bits per heavy atom. The van der Waals surface area contributed by atoms with Crippen LogP contribution in [0.25, 0.3) is 0 Å². The number of hydrogen-bond acceptors (Lipinski definition) is 6. The summed E-state index contributed by atoms with van der Waals surface area (Å²) in [6.07, 6.45) is 0. The molecule has 0 aliphatic heterocycles. The summed E-state index contributed by atoms with van der Waals surface area (Å²) in [7, 11) is 0. The Labute approximate surface area is 157 Å². The standard InChI is InChI=1S/C19H22N2O6/c1-4-25-16-11-13(12-17(26-5-2)18(16)27-6-3)19(22)20-14-7-9-15(10-8-14)21(23)24/h7-12H,4-6H2,1-3H3,(H,20,22). The number of nitro benzene ring substituents is 1. The van der Waals surface area contributed by atoms with E-state index in [2.05, 4.69) is 5.32 Å². The van der Waals surface area contributed by atoms with E-state index in [1.165, 1.54) is 24.3 Å². The van der Waals surface area contributed by atoms with E-state index in [1.54, 1.807) is 12.1 Å². The summed E-state index contributed by atoms with van der Waals surface area (Å²) < 4.78 is 16.8. The lowest BCUT2D eigenvalue weighted by atomic mass is 10.1. The topological polar surface area (TPSA) is 99.9 Å². The van der Waals surface area contributed by atoms with Crippen LogP contribution in [0.3, 0.4) is 0 Å². The van der Waals surface area contributed by atoms with E-state index in [1.807, 2.05) is 20.8 Å². The third-order valence-corrected chi connectivity index (χ3v) is 3.51. The number of nitrogens with zero attached hydrogens (tertiary/aromatic N) is 1. The van der Waals surface area contributed by atoms with Crippen LogP contribution in [0.1, 0.15) is 31.1 Å². The zero-order chi connectivity index (χ0) is 19.8. The molecule has 0 unspecified atom stereocenters. The molecular weight excluding hydrogens is 352 g/mol. The lowest BCUT2D eigenvalue weighted by Crippen LogP contribution is -2.13. The molecule has 0 fully saturated rings. The van der Waals surface area contributed by atoms with Crippen molar-refractivity contribution in [2.24, 2.45) is 0 Å². The fraction of sp³-hybridized carbons (Fsp3) is 0.316. The molecule has 0 aromatic heterocycles. The number of benzene rings is 2. The molecule has 0 saturated carbocycles. The minimum atomic E-state index is -0.499. The highest BCUT2D eigenvalue weighted by atomic mass is 16.6. The van der Waals surface area contributed by atoms with Crippen LogP contribution in [-0.2, 0) is 0 Å². The maximum Gasteiger partial charge on any atom is 0.269 e. The Morgan fingerprint density at radius 3 is 1.93 bits per heavy atom. The van der Waals surface area contributed by atoms with E-state index in [9.17, 15) is 14.9 Å². The van der Waals surface area contributed by atoms with Gasteiger partial charge in [-0.1, -0.05) is 0 Å². The maximum absolute atomic E-state index is 12.6. The first-order valence-corrected chi connectivity index (χ1v) is 8.62. The average Bonchev–Trinajstić information content (AvgIpc) is 2.65. The van der Waals surface area contributed by atoms with Gasteiger partial charge in [-0.2, -0.15) is 0 Å². The molecule has 0 aliphatic rings. The molecule has 0 atom stereocenters. The van der Waals surface area contributed by atoms with Crippen LogP contribution in [-0.4, -0.2) is 30.7 Å². The second kappa shape index (κ2) is 9.42. The highest BCUT2D eigenvalue weighted by Crippen LogP contribution is 2.39. The van der Waals surface area contributed by atoms with E-state index in [0.717, 1.165) is 0 Å². The molecule has 2 aromatic carbocycles. The number of rotatable bonds is 9. The van der Waals surface area contributed by atoms with Crippen molar-refractivity contribution in [1.29, 1.82) is 0 Å². The summed E-state index contributed by atoms with van der Waals surface area (Å²) in [4.78, 5) is 22.8. The Hall–Kier alpha value is -3.29. The Morgan fingerprint density at radius 2 is 1.48 bits per heavy atom. The third-order valence-electron chi connectivity index (χ3n) is 3.51. The average molecular weight is 374 g/mol. The van der Waals surface area contributed by atoms with E-state index in [4.69, 9.17) is 14.2 Å². The molecule has 2 aromatic rings. The summed E-state index contributed by atoms with van der Waals surface area (Å²) in [5.74, 6) is 0.889. The van der Waals surface area contributed by atoms with Gasteiger partial charge < -0.3 is 19.5 Å². The van der Waals surface area contributed by atoms with Crippen LogP contribution >= 0.6 is 0 Å². The van der Waals surface area contributed by atoms with Gasteiger partial charge in [-0.15, -0.1) is 0 Å². The Kier molecular flexibility index (Phi) is 6.99. The van der Waals surface area contributed by atoms with Crippen LogP contribution in [0.4, 0.5) is 11.4 Å². The van der Waals surface area contributed by atoms with Crippen molar-refractivity contribution >= 4 is 17.3 Å². The number of carbonyl (C=O) groups excluding carboxylic acids is 1. The van der Waals surface area contributed by atoms with Gasteiger partial charge in [0.2, 0.25) is 5.75 Å². The molecule has 144 valence electrons. The van der Waals surface area contributed by atoms with E-state index >= 15 is 0 Å². The Bertz CT molecular complexity index is 777. The van der Waals surface area contributed by atoms with Gasteiger partial charge in [0.25, 0.3) is 11.6 Å². The molecule has 0 aliphatic carbocycles. The molecule has 8 nitrogen and oxygen atoms in total. The first-order chi connectivity index (χ1) is 13.0. The van der Waals surface area contributed by atoms with Gasteiger partial charge in [-0.3, -0.25) is 14.9 Å². The van der Waals surface area contributed by atoms with Crippen LogP contribution in [0, 0.1) is 10.1 Å². The number of nitro groups is 1. The third kappa shape index (κ3) is 5.10. The number of non-ortho nitro benzene ring substituents is 1. The van der Waals surface area contributed by atoms with Gasteiger partial charge in [-0.25, -0.2) is 0 Å². The minimum absolute atomic E-state index is 0.0497. The molecule has 0 spiro atoms. The zero-order valence-electron chi connectivity index (χ0n) is 15.5. The van der Waals surface area contributed by atoms with Gasteiger partial charge in [0.1, 0.15) is 0 Å². The van der Waals surface area contributed by atoms with Crippen molar-refractivity contribution in [1.82, 2.24) is 0 Å². The number of anilines is 1. The van der Waals surface area contributed by atoms with E-state index < -0.39 is 10.8 Å². The zero-order valence-corrected chi connectivity index (χ0v) is 15.5. The highest BCUT2D eigenvalue weighted by Gasteiger charge is 2.18. The molecule has 2 rings (SSSR count). The molecule has 0 bridgehead atoms. The number of nitrogens with one attached hydrogen (secondary N) is 1. The summed E-state index contributed by atoms with van der Waals surface area (Å²) in [5.41, 5.74) is 0.713. The maximum atomic E-state index is 12.6. The number of hydrogen-bond donors (Lipinski definition) is 1. The van der Waals surface area contributed by atoms with Gasteiger partial charge >= 0.3 is 0 Å². The van der Waals surface area contributed by atoms with E-state index in [0.29, 0.717) is 48.3 Å². The van der Waals surface area contributed by atoms with Crippen molar-refractivity contribution in [3.05, 3.63) is 52.1 Å². The molecule has 8 heteroatoms. The predicted molar refractivity (Wildman–Crippen MR) is 101 cm³/mol. The fourth-order valence-corrected chi connectivity index (χ4v) is 2.39. The molecular formula is C19H22N2O6. The van der Waals surface area contributed by atoms with Gasteiger partial charge in [0.15, 0.2) is 11.5 Å². The largest absolute Gasteiger partial charge is 0.490 e. The van der Waals surface area contributed by atoms with Gasteiger partial charge in [0, 0.05) is 23.4 Å². The van der Waals surface area contributed by atoms with Crippen molar-refractivity contribution in [3.8, 4) is 17.2 Å². The summed E-state index contributed by atoms with van der Waals surface area (Å²) in [5, 5.41) is 13.4. The fourth-order valence-electron chi connectivity index (χ4n) is 2.39. The van der Waals surface area contributed by atoms with Crippen LogP contribution < -0.4 is 19.5 Å². The molecule has 0 heterocycles. The quantitative estimate of drug-likeness (QED) is 0.525. The van der Waals surface area contributed by atoms with E-state index in [-0.39, 0.29) is 5.69 Å². The summed E-state index contributed by atoms with van der Waals surface area (Å²) in [6.45, 7) is 6.74. The minimum Gasteiger partial charge on any atom is -0.490 e. The SMILES string of the molecule is CCOc1cc(C(=O)Nc2ccc([N+](=O)[O-])cc2)cc(OCC)c1OCC.